The van der Waals surface area contributed by atoms with Crippen molar-refractivity contribution in [3.05, 3.63) is 58.0 Å². The second-order valence-corrected chi connectivity index (χ2v) is 6.44. The molecule has 0 saturated carbocycles. The molecule has 0 unspecified atom stereocenters. The van der Waals surface area contributed by atoms with Crippen LogP contribution >= 0.6 is 0 Å². The summed E-state index contributed by atoms with van der Waals surface area (Å²) in [7, 11) is 0. The van der Waals surface area contributed by atoms with Crippen LogP contribution in [0.1, 0.15) is 52.5 Å². The molecule has 0 spiro atoms. The lowest BCUT2D eigenvalue weighted by Gasteiger charge is -2.18. The molecule has 0 aliphatic rings. The summed E-state index contributed by atoms with van der Waals surface area (Å²) in [6.45, 7) is 8.24. The maximum Gasteiger partial charge on any atom is 0.119 e. The van der Waals surface area contributed by atoms with Crippen LogP contribution < -0.4 is 5.23 Å². The van der Waals surface area contributed by atoms with Crippen molar-refractivity contribution in [2.75, 3.05) is 5.23 Å². The van der Waals surface area contributed by atoms with Gasteiger partial charge in [0.15, 0.2) is 0 Å². The summed E-state index contributed by atoms with van der Waals surface area (Å²) in [4.78, 5) is 2.65. The van der Waals surface area contributed by atoms with Crippen LogP contribution in [0.25, 0.3) is 0 Å². The van der Waals surface area contributed by atoms with E-state index in [-0.39, 0.29) is 11.0 Å². The Labute approximate surface area is 144 Å². The summed E-state index contributed by atoms with van der Waals surface area (Å²) in [5, 5.41) is 29.6. The molecule has 3 N–H and O–H groups in total. The van der Waals surface area contributed by atoms with E-state index < -0.39 is 6.10 Å². The van der Waals surface area contributed by atoms with Crippen molar-refractivity contribution in [3.8, 4) is 0 Å². The van der Waals surface area contributed by atoms with Crippen molar-refractivity contribution >= 4 is 5.82 Å². The van der Waals surface area contributed by atoms with E-state index in [4.69, 9.17) is 5.21 Å². The number of nitrogens with one attached hydrogen (secondary N) is 1. The summed E-state index contributed by atoms with van der Waals surface area (Å²) >= 11 is 0. The lowest BCUT2D eigenvalue weighted by molar-refractivity contribution is 0.211. The van der Waals surface area contributed by atoms with E-state index in [9.17, 15) is 10.3 Å². The van der Waals surface area contributed by atoms with Gasteiger partial charge in [-0.1, -0.05) is 29.4 Å². The highest BCUT2D eigenvalue weighted by atomic mass is 16.8. The van der Waals surface area contributed by atoms with Crippen LogP contribution in [-0.4, -0.2) is 21.4 Å². The average molecular weight is 333 g/mol. The number of rotatable bonds is 9. The fraction of sp³-hybridized carbons (Fsp3) is 0.474. The maximum absolute atomic E-state index is 10.8. The molecule has 1 aromatic rings. The van der Waals surface area contributed by atoms with Gasteiger partial charge in [0.1, 0.15) is 5.82 Å². The molecule has 1 atom stereocenters. The number of aliphatic hydroxyl groups excluding tert-OH is 1. The number of nitrogens with zero attached hydrogens (tertiary/aromatic N) is 1. The van der Waals surface area contributed by atoms with Gasteiger partial charge in [-0.25, -0.2) is 0 Å². The summed E-state index contributed by atoms with van der Waals surface area (Å²) < 4.78 is 0. The van der Waals surface area contributed by atoms with Gasteiger partial charge in [0.25, 0.3) is 0 Å². The molecule has 0 radical (unpaired) electrons. The first kappa shape index (κ1) is 20.2. The Morgan fingerprint density at radius 1 is 1.25 bits per heavy atom. The van der Waals surface area contributed by atoms with Crippen LogP contribution in [-0.2, 0) is 6.42 Å². The number of hydrogen-bond acceptors (Lipinski definition) is 4. The van der Waals surface area contributed by atoms with Gasteiger partial charge in [-0.05, 0) is 64.2 Å². The Kier molecular flexibility index (Phi) is 8.54. The number of hydrogen-bond donors (Lipinski definition) is 3. The number of aromatic amines is 1. The van der Waals surface area contributed by atoms with Crippen LogP contribution in [0.4, 0.5) is 5.82 Å². The zero-order valence-corrected chi connectivity index (χ0v) is 15.0. The van der Waals surface area contributed by atoms with E-state index in [0.717, 1.165) is 30.4 Å². The zero-order valence-electron chi connectivity index (χ0n) is 15.0. The predicted molar refractivity (Wildman–Crippen MR) is 98.9 cm³/mol. The highest BCUT2D eigenvalue weighted by Gasteiger charge is 2.09. The van der Waals surface area contributed by atoms with Crippen LogP contribution in [0.3, 0.4) is 0 Å². The summed E-state index contributed by atoms with van der Waals surface area (Å²) in [5.41, 5.74) is 4.36. The van der Waals surface area contributed by atoms with Crippen molar-refractivity contribution in [2.45, 2.75) is 59.5 Å². The Morgan fingerprint density at radius 2 is 1.96 bits per heavy atom. The summed E-state index contributed by atoms with van der Waals surface area (Å²) in [5.74, 6) is 0.0637. The molecule has 0 bridgehead atoms. The van der Waals surface area contributed by atoms with Crippen molar-refractivity contribution < 1.29 is 10.3 Å². The Balaban J connectivity index is 2.47. The summed E-state index contributed by atoms with van der Waals surface area (Å²) in [6.07, 6.45) is 10.8. The number of anilines is 1. The Morgan fingerprint density at radius 3 is 2.54 bits per heavy atom. The third-order valence-electron chi connectivity index (χ3n) is 3.89. The Hall–Kier alpha value is -1.82. The molecule has 5 heteroatoms. The fourth-order valence-corrected chi connectivity index (χ4v) is 2.31. The molecule has 1 rings (SSSR count). The van der Waals surface area contributed by atoms with E-state index in [1.807, 2.05) is 13.0 Å². The number of H-pyrrole nitrogens is 1. The molecule has 0 aromatic carbocycles. The largest absolute Gasteiger partial charge is 0.732 e. The third-order valence-corrected chi connectivity index (χ3v) is 3.89. The quantitative estimate of drug-likeness (QED) is 0.454. The standard InChI is InChI=1S/C19H29N2O3/c1-14(2)7-5-8-15(3)9-6-10-16(4)18(22)11-17-12-19(20-13-17)21(23)24/h7,9-10,12-13,18,20,22-23H,5-6,8,11H2,1-4H3/q-1/b15-9+,16-10+/t18-/m1/s1. The van der Waals surface area contributed by atoms with Gasteiger partial charge in [-0.3, -0.25) is 5.21 Å². The highest BCUT2D eigenvalue weighted by molar-refractivity contribution is 5.40. The van der Waals surface area contributed by atoms with E-state index in [1.54, 1.807) is 6.20 Å². The van der Waals surface area contributed by atoms with Crippen LogP contribution in [0.2, 0.25) is 0 Å². The first-order chi connectivity index (χ1) is 11.3. The molecular formula is C19H29N2O3-. The lowest BCUT2D eigenvalue weighted by Crippen LogP contribution is -2.11. The predicted octanol–water partition coefficient (Wildman–Crippen LogP) is 4.64. The minimum absolute atomic E-state index is 0.0637. The van der Waals surface area contributed by atoms with E-state index >= 15 is 0 Å². The average Bonchev–Trinajstić information content (AvgIpc) is 2.95. The molecule has 0 saturated heterocycles. The lowest BCUT2D eigenvalue weighted by atomic mass is 10.0. The molecule has 1 heterocycles. The molecule has 24 heavy (non-hydrogen) atoms. The van der Waals surface area contributed by atoms with Gasteiger partial charge in [-0.2, -0.15) is 0 Å². The zero-order chi connectivity index (χ0) is 18.1. The maximum atomic E-state index is 10.8. The topological polar surface area (TPSA) is 82.5 Å². The van der Waals surface area contributed by atoms with Gasteiger partial charge >= 0.3 is 0 Å². The molecule has 0 aliphatic heterocycles. The molecule has 0 fully saturated rings. The van der Waals surface area contributed by atoms with Crippen molar-refractivity contribution in [1.82, 2.24) is 4.98 Å². The molecule has 0 amide bonds. The normalized spacial score (nSPS) is 13.8. The Bertz CT molecular complexity index is 594. The van der Waals surface area contributed by atoms with E-state index in [2.05, 4.69) is 37.9 Å². The monoisotopic (exact) mass is 333 g/mol. The molecule has 134 valence electrons. The molecule has 0 aliphatic carbocycles. The van der Waals surface area contributed by atoms with Gasteiger partial charge in [0.05, 0.1) is 6.10 Å². The van der Waals surface area contributed by atoms with Gasteiger partial charge in [0.2, 0.25) is 0 Å². The van der Waals surface area contributed by atoms with Crippen LogP contribution in [0.15, 0.2) is 47.2 Å². The molecule has 1 aromatic heterocycles. The van der Waals surface area contributed by atoms with Gasteiger partial charge in [0, 0.05) is 12.6 Å². The first-order valence-electron chi connectivity index (χ1n) is 8.26. The second-order valence-electron chi connectivity index (χ2n) is 6.44. The number of aromatic nitrogens is 1. The van der Waals surface area contributed by atoms with Crippen molar-refractivity contribution in [3.63, 3.8) is 0 Å². The first-order valence-corrected chi connectivity index (χ1v) is 8.26. The van der Waals surface area contributed by atoms with E-state index in [1.165, 1.54) is 17.2 Å². The van der Waals surface area contributed by atoms with Crippen molar-refractivity contribution in [2.24, 2.45) is 0 Å². The summed E-state index contributed by atoms with van der Waals surface area (Å²) in [6, 6.07) is 1.52. The van der Waals surface area contributed by atoms with E-state index in [0.29, 0.717) is 6.42 Å². The van der Waals surface area contributed by atoms with Crippen LogP contribution in [0.5, 0.6) is 0 Å². The number of aliphatic hydroxyl groups is 1. The van der Waals surface area contributed by atoms with Crippen molar-refractivity contribution in [1.29, 1.82) is 0 Å². The van der Waals surface area contributed by atoms with Crippen LogP contribution in [0, 0.1) is 5.21 Å². The molecule has 5 nitrogen and oxygen atoms in total. The van der Waals surface area contributed by atoms with Gasteiger partial charge in [-0.15, -0.1) is 0 Å². The SMILES string of the molecule is CC(C)=CCC/C(C)=C/C/C=C(\C)[C@H](O)Cc1c[nH]c(N([O-])O)c1. The molecular weight excluding hydrogens is 304 g/mol. The highest BCUT2D eigenvalue weighted by Crippen LogP contribution is 2.16. The fourth-order valence-electron chi connectivity index (χ4n) is 2.31. The second kappa shape index (κ2) is 10.1. The minimum Gasteiger partial charge on any atom is -0.732 e. The van der Waals surface area contributed by atoms with Gasteiger partial charge < -0.3 is 20.5 Å². The minimum atomic E-state index is -0.605. The number of allylic oxidation sites excluding steroid dienone is 5. The third kappa shape index (κ3) is 7.64. The smallest absolute Gasteiger partial charge is 0.119 e.